The van der Waals surface area contributed by atoms with Crippen LogP contribution >= 0.6 is 0 Å². The monoisotopic (exact) mass is 1150 g/mol. The maximum absolute atomic E-state index is 12.9. The standard InChI is InChI=1S/C76H138O6/c1-4-7-10-13-16-19-22-25-28-29-30-31-32-33-34-35-36-37-38-39-40-41-42-43-44-45-46-47-49-51-54-57-60-63-66-69-75(78)81-72-73(71-80-74(77)68-65-62-59-56-53-50-27-24-21-18-15-12-9-6-3)82-76(79)70-67-64-61-58-55-52-48-26-23-20-17-14-11-8-5-2/h15,18,22,24-27,29-30,48,73H,4-14,16-17,19-21,23,28,31-47,49-72H2,1-3H3/b18-15-,25-22-,27-24-,30-29-,48-26-. The molecule has 6 nitrogen and oxygen atoms in total. The van der Waals surface area contributed by atoms with Crippen molar-refractivity contribution in [1.82, 2.24) is 0 Å². The number of hydrogen-bond acceptors (Lipinski definition) is 6. The van der Waals surface area contributed by atoms with E-state index in [4.69, 9.17) is 14.2 Å². The first-order valence-corrected chi connectivity index (χ1v) is 36.3. The van der Waals surface area contributed by atoms with Gasteiger partial charge in [-0.1, -0.05) is 326 Å². The molecule has 0 rings (SSSR count). The fourth-order valence-electron chi connectivity index (χ4n) is 10.7. The molecule has 0 aromatic heterocycles. The van der Waals surface area contributed by atoms with E-state index in [-0.39, 0.29) is 31.1 Å². The van der Waals surface area contributed by atoms with Crippen molar-refractivity contribution in [2.24, 2.45) is 0 Å². The van der Waals surface area contributed by atoms with E-state index in [2.05, 4.69) is 81.5 Å². The zero-order valence-corrected chi connectivity index (χ0v) is 55.0. The largest absolute Gasteiger partial charge is 0.462 e. The topological polar surface area (TPSA) is 78.9 Å². The molecule has 0 N–H and O–H groups in total. The minimum absolute atomic E-state index is 0.0780. The Kier molecular flexibility index (Phi) is 68.1. The van der Waals surface area contributed by atoms with Crippen LogP contribution in [0.15, 0.2) is 60.8 Å². The molecule has 478 valence electrons. The summed E-state index contributed by atoms with van der Waals surface area (Å²) in [6.45, 7) is 6.62. The Bertz CT molecular complexity index is 1460. The maximum Gasteiger partial charge on any atom is 0.306 e. The maximum atomic E-state index is 12.9. The molecule has 6 heteroatoms. The van der Waals surface area contributed by atoms with Crippen LogP contribution in [-0.2, 0) is 28.6 Å². The highest BCUT2D eigenvalue weighted by Gasteiger charge is 2.19. The van der Waals surface area contributed by atoms with E-state index in [0.717, 1.165) is 96.3 Å². The average molecular weight is 1150 g/mol. The lowest BCUT2D eigenvalue weighted by Gasteiger charge is -2.18. The Morgan fingerprint density at radius 2 is 0.451 bits per heavy atom. The predicted octanol–water partition coefficient (Wildman–Crippen LogP) is 25.1. The minimum atomic E-state index is -0.783. The van der Waals surface area contributed by atoms with E-state index >= 15 is 0 Å². The van der Waals surface area contributed by atoms with Crippen LogP contribution < -0.4 is 0 Å². The van der Waals surface area contributed by atoms with Crippen LogP contribution in [0, 0.1) is 0 Å². The zero-order chi connectivity index (χ0) is 59.2. The molecule has 0 amide bonds. The number of rotatable bonds is 67. The summed E-state index contributed by atoms with van der Waals surface area (Å²) in [6.07, 6.45) is 91.3. The molecule has 0 aliphatic carbocycles. The van der Waals surface area contributed by atoms with Crippen LogP contribution in [0.3, 0.4) is 0 Å². The lowest BCUT2D eigenvalue weighted by Crippen LogP contribution is -2.30. The van der Waals surface area contributed by atoms with E-state index < -0.39 is 6.10 Å². The molecule has 0 spiro atoms. The van der Waals surface area contributed by atoms with Gasteiger partial charge in [-0.05, 0) is 103 Å². The van der Waals surface area contributed by atoms with Gasteiger partial charge in [-0.25, -0.2) is 0 Å². The SMILES string of the molecule is CCCC/C=C\C/C=C\CCCCCCCC(=O)OCC(COC(=O)CCCCCCCCCCCCCCCCCCCCCCCCC/C=C\C/C=C\CCCCCCC)OC(=O)CCCCCCC/C=C\CCCCCCCC. The highest BCUT2D eigenvalue weighted by molar-refractivity contribution is 5.71. The van der Waals surface area contributed by atoms with Crippen molar-refractivity contribution >= 4 is 17.9 Å². The third-order valence-electron chi connectivity index (χ3n) is 16.2. The summed E-state index contributed by atoms with van der Waals surface area (Å²) in [5.74, 6) is -0.879. The second-order valence-electron chi connectivity index (χ2n) is 24.5. The Morgan fingerprint density at radius 1 is 0.244 bits per heavy atom. The fraction of sp³-hybridized carbons (Fsp3) is 0.829. The first-order chi connectivity index (χ1) is 40.5. The second-order valence-corrected chi connectivity index (χ2v) is 24.5. The predicted molar refractivity (Wildman–Crippen MR) is 358 cm³/mol. The summed E-state index contributed by atoms with van der Waals surface area (Å²) < 4.78 is 16.9. The van der Waals surface area contributed by atoms with Crippen LogP contribution in [0.5, 0.6) is 0 Å². The Morgan fingerprint density at radius 3 is 0.720 bits per heavy atom. The normalized spacial score (nSPS) is 12.4. The smallest absolute Gasteiger partial charge is 0.306 e. The Balaban J connectivity index is 4.09. The second kappa shape index (κ2) is 70.6. The van der Waals surface area contributed by atoms with Gasteiger partial charge in [-0.3, -0.25) is 14.4 Å². The first kappa shape index (κ1) is 79.1. The summed E-state index contributed by atoms with van der Waals surface area (Å²) in [5.41, 5.74) is 0. The van der Waals surface area contributed by atoms with Gasteiger partial charge in [0.15, 0.2) is 6.10 Å². The molecule has 0 fully saturated rings. The van der Waals surface area contributed by atoms with E-state index in [1.54, 1.807) is 0 Å². The Labute approximate surface area is 510 Å². The lowest BCUT2D eigenvalue weighted by molar-refractivity contribution is -0.167. The molecular weight excluding hydrogens is 1010 g/mol. The highest BCUT2D eigenvalue weighted by atomic mass is 16.6. The third kappa shape index (κ3) is 67.9. The highest BCUT2D eigenvalue weighted by Crippen LogP contribution is 2.18. The van der Waals surface area contributed by atoms with Gasteiger partial charge < -0.3 is 14.2 Å². The number of carbonyl (C=O) groups is 3. The van der Waals surface area contributed by atoms with E-state index in [1.165, 1.54) is 250 Å². The van der Waals surface area contributed by atoms with Gasteiger partial charge in [0.05, 0.1) is 0 Å². The van der Waals surface area contributed by atoms with Crippen molar-refractivity contribution in [3.8, 4) is 0 Å². The van der Waals surface area contributed by atoms with Crippen molar-refractivity contribution < 1.29 is 28.6 Å². The number of hydrogen-bond donors (Lipinski definition) is 0. The molecule has 0 aliphatic heterocycles. The first-order valence-electron chi connectivity index (χ1n) is 36.3. The van der Waals surface area contributed by atoms with Crippen molar-refractivity contribution in [3.63, 3.8) is 0 Å². The quantitative estimate of drug-likeness (QED) is 0.0261. The molecule has 82 heavy (non-hydrogen) atoms. The van der Waals surface area contributed by atoms with Crippen molar-refractivity contribution in [2.75, 3.05) is 13.2 Å². The number of allylic oxidation sites excluding steroid dienone is 10. The molecular formula is C76H138O6. The van der Waals surface area contributed by atoms with Crippen LogP contribution in [0.2, 0.25) is 0 Å². The van der Waals surface area contributed by atoms with Crippen molar-refractivity contribution in [3.05, 3.63) is 60.8 Å². The molecule has 1 unspecified atom stereocenters. The molecule has 0 bridgehead atoms. The van der Waals surface area contributed by atoms with Gasteiger partial charge in [0.1, 0.15) is 13.2 Å². The van der Waals surface area contributed by atoms with E-state index in [0.29, 0.717) is 19.3 Å². The van der Waals surface area contributed by atoms with Crippen LogP contribution in [0.1, 0.15) is 387 Å². The molecule has 0 radical (unpaired) electrons. The molecule has 1 atom stereocenters. The Hall–Kier alpha value is -2.89. The summed E-state index contributed by atoms with van der Waals surface area (Å²) in [4.78, 5) is 38.4. The lowest BCUT2D eigenvalue weighted by atomic mass is 10.0. The molecule has 0 aliphatic rings. The third-order valence-corrected chi connectivity index (χ3v) is 16.2. The van der Waals surface area contributed by atoms with E-state index in [9.17, 15) is 14.4 Å². The molecule has 0 aromatic rings. The number of carbonyl (C=O) groups excluding carboxylic acids is 3. The van der Waals surface area contributed by atoms with Crippen LogP contribution in [0.4, 0.5) is 0 Å². The molecule has 0 aromatic carbocycles. The van der Waals surface area contributed by atoms with Gasteiger partial charge in [-0.15, -0.1) is 0 Å². The van der Waals surface area contributed by atoms with Crippen LogP contribution in [0.25, 0.3) is 0 Å². The summed E-state index contributed by atoms with van der Waals surface area (Å²) in [7, 11) is 0. The van der Waals surface area contributed by atoms with Crippen molar-refractivity contribution in [2.45, 2.75) is 393 Å². The minimum Gasteiger partial charge on any atom is -0.462 e. The van der Waals surface area contributed by atoms with Gasteiger partial charge in [0.25, 0.3) is 0 Å². The number of esters is 3. The van der Waals surface area contributed by atoms with Crippen LogP contribution in [-0.4, -0.2) is 37.2 Å². The van der Waals surface area contributed by atoms with Crippen molar-refractivity contribution in [1.29, 1.82) is 0 Å². The zero-order valence-electron chi connectivity index (χ0n) is 55.0. The van der Waals surface area contributed by atoms with Gasteiger partial charge in [0.2, 0.25) is 0 Å². The van der Waals surface area contributed by atoms with Gasteiger partial charge in [-0.2, -0.15) is 0 Å². The average Bonchev–Trinajstić information content (AvgIpc) is 3.47. The summed E-state index contributed by atoms with van der Waals surface area (Å²) in [6, 6.07) is 0. The number of ether oxygens (including phenoxy) is 3. The summed E-state index contributed by atoms with van der Waals surface area (Å²) in [5, 5.41) is 0. The molecule has 0 heterocycles. The summed E-state index contributed by atoms with van der Waals surface area (Å²) >= 11 is 0. The van der Waals surface area contributed by atoms with Gasteiger partial charge in [0, 0.05) is 19.3 Å². The molecule has 0 saturated carbocycles. The van der Waals surface area contributed by atoms with E-state index in [1.807, 2.05) is 0 Å². The molecule has 0 saturated heterocycles. The fourth-order valence-corrected chi connectivity index (χ4v) is 10.7. The van der Waals surface area contributed by atoms with Gasteiger partial charge >= 0.3 is 17.9 Å². The number of unbranched alkanes of at least 4 members (excludes halogenated alkanes) is 46.